The number of carbonyl (C=O) groups excluding carboxylic acids is 2. The first kappa shape index (κ1) is 18.2. The fraction of sp³-hybridized carbons (Fsp3) is 0.882. The molecule has 23 heavy (non-hydrogen) atoms. The Balaban J connectivity index is 2.00. The third kappa shape index (κ3) is 5.77. The van der Waals surface area contributed by atoms with Gasteiger partial charge in [0.2, 0.25) is 11.8 Å². The maximum Gasteiger partial charge on any atom is 0.237 e. The molecule has 2 bridgehead atoms. The normalized spacial score (nSPS) is 27.6. The summed E-state index contributed by atoms with van der Waals surface area (Å²) in [6.45, 7) is 8.30. The molecule has 0 aromatic rings. The molecule has 2 aliphatic heterocycles. The highest BCUT2D eigenvalue weighted by Crippen LogP contribution is 2.17. The van der Waals surface area contributed by atoms with Gasteiger partial charge in [0.05, 0.1) is 6.04 Å². The van der Waals surface area contributed by atoms with Gasteiger partial charge in [0.15, 0.2) is 0 Å². The third-order valence-electron chi connectivity index (χ3n) is 4.60. The summed E-state index contributed by atoms with van der Waals surface area (Å²) in [6, 6.07) is -0.0182. The molecule has 0 aromatic carbocycles. The van der Waals surface area contributed by atoms with Gasteiger partial charge in [-0.25, -0.2) is 0 Å². The highest BCUT2D eigenvalue weighted by Gasteiger charge is 2.34. The number of hydrogen-bond donors (Lipinski definition) is 3. The van der Waals surface area contributed by atoms with Crippen LogP contribution < -0.4 is 16.0 Å². The molecule has 0 aromatic heterocycles. The zero-order chi connectivity index (χ0) is 16.7. The van der Waals surface area contributed by atoms with Crippen LogP contribution in [-0.2, 0) is 9.59 Å². The Morgan fingerprint density at radius 1 is 1.22 bits per heavy atom. The number of rotatable bonds is 2. The van der Waals surface area contributed by atoms with Crippen molar-refractivity contribution in [1.29, 1.82) is 0 Å². The van der Waals surface area contributed by atoms with Crippen LogP contribution in [0.5, 0.6) is 0 Å². The fourth-order valence-corrected chi connectivity index (χ4v) is 3.34. The first-order chi connectivity index (χ1) is 11.1. The Morgan fingerprint density at radius 3 is 2.74 bits per heavy atom. The van der Waals surface area contributed by atoms with Crippen LogP contribution in [0.2, 0.25) is 0 Å². The molecule has 0 aliphatic carbocycles. The lowest BCUT2D eigenvalue weighted by molar-refractivity contribution is -0.134. The van der Waals surface area contributed by atoms with Crippen molar-refractivity contribution in [3.05, 3.63) is 0 Å². The number of nitrogens with one attached hydrogen (secondary N) is 3. The molecule has 3 N–H and O–H groups in total. The average Bonchev–Trinajstić information content (AvgIpc) is 2.97. The molecule has 2 fully saturated rings. The average molecular weight is 324 g/mol. The SMILES string of the molecule is CC(C)CC(=O)N1CCCNCCCCNC(=O)[C@@H]2C[C@H]1CN2. The fourth-order valence-electron chi connectivity index (χ4n) is 3.34. The van der Waals surface area contributed by atoms with Crippen LogP contribution in [-0.4, -0.2) is 61.5 Å². The van der Waals surface area contributed by atoms with E-state index in [1.165, 1.54) is 0 Å². The van der Waals surface area contributed by atoms with E-state index in [0.717, 1.165) is 58.4 Å². The second-order valence-electron chi connectivity index (χ2n) is 7.14. The summed E-state index contributed by atoms with van der Waals surface area (Å²) in [5, 5.41) is 9.73. The van der Waals surface area contributed by atoms with E-state index in [2.05, 4.69) is 29.8 Å². The van der Waals surface area contributed by atoms with Crippen LogP contribution in [0.15, 0.2) is 0 Å². The largest absolute Gasteiger partial charge is 0.355 e. The van der Waals surface area contributed by atoms with Crippen molar-refractivity contribution < 1.29 is 9.59 Å². The van der Waals surface area contributed by atoms with Gasteiger partial charge < -0.3 is 20.9 Å². The van der Waals surface area contributed by atoms with E-state index in [0.29, 0.717) is 12.3 Å². The standard InChI is InChI=1S/C17H32N4O2/c1-13(2)10-16(22)21-9-5-7-18-6-3-4-8-19-17(23)15-11-14(21)12-20-15/h13-15,18,20H,3-12H2,1-2H3,(H,19,23)/t14-,15-/m0/s1. The molecule has 0 spiro atoms. The van der Waals surface area contributed by atoms with E-state index in [9.17, 15) is 9.59 Å². The smallest absolute Gasteiger partial charge is 0.237 e. The Labute approximate surface area is 139 Å². The summed E-state index contributed by atoms with van der Waals surface area (Å²) in [4.78, 5) is 26.8. The molecule has 0 saturated carbocycles. The van der Waals surface area contributed by atoms with E-state index in [1.807, 2.05) is 4.90 Å². The van der Waals surface area contributed by atoms with Crippen molar-refractivity contribution >= 4 is 11.8 Å². The quantitative estimate of drug-likeness (QED) is 0.691. The molecule has 0 unspecified atom stereocenters. The van der Waals surface area contributed by atoms with Gasteiger partial charge in [0.1, 0.15) is 0 Å². The first-order valence-corrected chi connectivity index (χ1v) is 9.09. The van der Waals surface area contributed by atoms with Crippen molar-refractivity contribution in [1.82, 2.24) is 20.9 Å². The Morgan fingerprint density at radius 2 is 1.96 bits per heavy atom. The minimum Gasteiger partial charge on any atom is -0.355 e. The summed E-state index contributed by atoms with van der Waals surface area (Å²) < 4.78 is 0. The van der Waals surface area contributed by atoms with Crippen LogP contribution in [0, 0.1) is 5.92 Å². The van der Waals surface area contributed by atoms with Crippen LogP contribution in [0.4, 0.5) is 0 Å². The molecule has 6 heteroatoms. The van der Waals surface area contributed by atoms with Crippen molar-refractivity contribution in [2.45, 2.75) is 58.0 Å². The maximum atomic E-state index is 12.6. The highest BCUT2D eigenvalue weighted by molar-refractivity contribution is 5.82. The second kappa shape index (κ2) is 9.23. The summed E-state index contributed by atoms with van der Waals surface area (Å²) >= 11 is 0. The van der Waals surface area contributed by atoms with Gasteiger partial charge >= 0.3 is 0 Å². The molecule has 2 amide bonds. The minimum atomic E-state index is -0.157. The predicted molar refractivity (Wildman–Crippen MR) is 91.1 cm³/mol. The maximum absolute atomic E-state index is 12.6. The van der Waals surface area contributed by atoms with E-state index in [4.69, 9.17) is 0 Å². The van der Waals surface area contributed by atoms with Crippen LogP contribution in [0.25, 0.3) is 0 Å². The molecule has 2 aliphatic rings. The van der Waals surface area contributed by atoms with Gasteiger partial charge in [-0.15, -0.1) is 0 Å². The molecular formula is C17H32N4O2. The lowest BCUT2D eigenvalue weighted by atomic mass is 10.1. The molecule has 2 atom stereocenters. The zero-order valence-corrected chi connectivity index (χ0v) is 14.6. The number of fused-ring (bicyclic) bond motifs is 2. The highest BCUT2D eigenvalue weighted by atomic mass is 16.2. The lowest BCUT2D eigenvalue weighted by Gasteiger charge is -2.29. The molecule has 6 nitrogen and oxygen atoms in total. The summed E-state index contributed by atoms with van der Waals surface area (Å²) in [5.74, 6) is 0.663. The number of amides is 2. The topological polar surface area (TPSA) is 73.5 Å². The first-order valence-electron chi connectivity index (χ1n) is 9.09. The Kier molecular flexibility index (Phi) is 7.30. The Bertz CT molecular complexity index is 400. The minimum absolute atomic E-state index is 0.0776. The molecule has 2 heterocycles. The van der Waals surface area contributed by atoms with Crippen LogP contribution in [0.3, 0.4) is 0 Å². The number of carbonyl (C=O) groups is 2. The lowest BCUT2D eigenvalue weighted by Crippen LogP contribution is -2.43. The molecule has 2 rings (SSSR count). The molecule has 132 valence electrons. The van der Waals surface area contributed by atoms with Gasteiger partial charge in [0.25, 0.3) is 0 Å². The van der Waals surface area contributed by atoms with Crippen molar-refractivity contribution in [2.75, 3.05) is 32.7 Å². The van der Waals surface area contributed by atoms with Crippen LogP contribution in [0.1, 0.15) is 46.0 Å². The summed E-state index contributed by atoms with van der Waals surface area (Å²) in [5.41, 5.74) is 0. The van der Waals surface area contributed by atoms with E-state index in [1.54, 1.807) is 0 Å². The summed E-state index contributed by atoms with van der Waals surface area (Å²) in [7, 11) is 0. The number of hydrogen-bond acceptors (Lipinski definition) is 4. The number of nitrogens with zero attached hydrogens (tertiary/aromatic N) is 1. The molecule has 2 saturated heterocycles. The van der Waals surface area contributed by atoms with Gasteiger partial charge in [-0.3, -0.25) is 9.59 Å². The predicted octanol–water partition coefficient (Wildman–Crippen LogP) is 0.481. The molecular weight excluding hydrogens is 292 g/mol. The van der Waals surface area contributed by atoms with Gasteiger partial charge in [-0.2, -0.15) is 0 Å². The van der Waals surface area contributed by atoms with Crippen molar-refractivity contribution in [3.63, 3.8) is 0 Å². The monoisotopic (exact) mass is 324 g/mol. The van der Waals surface area contributed by atoms with Crippen molar-refractivity contribution in [2.24, 2.45) is 5.92 Å². The van der Waals surface area contributed by atoms with E-state index < -0.39 is 0 Å². The zero-order valence-electron chi connectivity index (χ0n) is 14.6. The Hall–Kier alpha value is -1.14. The summed E-state index contributed by atoms with van der Waals surface area (Å²) in [6.07, 6.45) is 4.35. The van der Waals surface area contributed by atoms with Gasteiger partial charge in [-0.05, 0) is 44.7 Å². The van der Waals surface area contributed by atoms with Crippen molar-refractivity contribution in [3.8, 4) is 0 Å². The van der Waals surface area contributed by atoms with E-state index >= 15 is 0 Å². The molecule has 0 radical (unpaired) electrons. The second-order valence-corrected chi connectivity index (χ2v) is 7.14. The third-order valence-corrected chi connectivity index (χ3v) is 4.60. The van der Waals surface area contributed by atoms with Gasteiger partial charge in [-0.1, -0.05) is 13.8 Å². The van der Waals surface area contributed by atoms with Crippen LogP contribution >= 0.6 is 0 Å². The van der Waals surface area contributed by atoms with Gasteiger partial charge in [0, 0.05) is 32.1 Å². The van der Waals surface area contributed by atoms with E-state index in [-0.39, 0.29) is 23.9 Å².